The van der Waals surface area contributed by atoms with Crippen molar-refractivity contribution >= 4 is 45.1 Å². The van der Waals surface area contributed by atoms with E-state index in [-0.39, 0.29) is 42.2 Å². The number of benzene rings is 1. The van der Waals surface area contributed by atoms with Gasteiger partial charge in [-0.25, -0.2) is 4.39 Å². The quantitative estimate of drug-likeness (QED) is 0.143. The Morgan fingerprint density at radius 1 is 1.04 bits per heavy atom. The van der Waals surface area contributed by atoms with Crippen LogP contribution in [-0.4, -0.2) is 57.5 Å². The van der Waals surface area contributed by atoms with E-state index >= 15 is 4.39 Å². The number of Topliss-reactive ketones (excluding diaryl/α,β-unsaturated/α-hetero) is 1. The monoisotopic (exact) mass is 687 g/mol. The fourth-order valence-electron chi connectivity index (χ4n) is 5.48. The van der Waals surface area contributed by atoms with Gasteiger partial charge in [0, 0.05) is 51.3 Å². The second-order valence-corrected chi connectivity index (χ2v) is 13.9. The number of nitrogens with one attached hydrogen (secondary N) is 2. The van der Waals surface area contributed by atoms with Crippen LogP contribution in [0.5, 0.6) is 11.5 Å². The highest BCUT2D eigenvalue weighted by molar-refractivity contribution is 7.22. The van der Waals surface area contributed by atoms with Crippen LogP contribution in [0.1, 0.15) is 64.5 Å². The highest BCUT2D eigenvalue weighted by Crippen LogP contribution is 2.39. The molecular weight excluding hydrogens is 646 g/mol. The van der Waals surface area contributed by atoms with Crippen LogP contribution in [-0.2, 0) is 32.1 Å². The lowest BCUT2D eigenvalue weighted by Gasteiger charge is -2.30. The normalized spacial score (nSPS) is 13.3. The van der Waals surface area contributed by atoms with Crippen molar-refractivity contribution in [2.75, 3.05) is 13.1 Å². The molecule has 1 saturated carbocycles. The molecule has 10 nitrogen and oxygen atoms in total. The molecule has 0 aliphatic heterocycles. The molecule has 0 unspecified atom stereocenters. The van der Waals surface area contributed by atoms with Crippen LogP contribution >= 0.6 is 11.3 Å². The Bertz CT molecular complexity index is 1820. The van der Waals surface area contributed by atoms with Crippen LogP contribution in [0.2, 0.25) is 0 Å². The zero-order valence-electron chi connectivity index (χ0n) is 28.3. The summed E-state index contributed by atoms with van der Waals surface area (Å²) >= 11 is 1.43. The van der Waals surface area contributed by atoms with Gasteiger partial charge < -0.3 is 20.3 Å². The van der Waals surface area contributed by atoms with Gasteiger partial charge in [-0.15, -0.1) is 11.3 Å². The topological polar surface area (TPSA) is 131 Å². The minimum absolute atomic E-state index is 0.0708. The molecule has 258 valence electrons. The number of nitrogens with zero attached hydrogens (tertiary/aromatic N) is 3. The average Bonchev–Trinajstić information content (AvgIpc) is 3.76. The number of ether oxygens (including phenoxy) is 1. The minimum Gasteiger partial charge on any atom is -0.453 e. The number of carbonyl (C=O) groups is 4. The maximum absolute atomic E-state index is 15.0. The number of thiophene rings is 1. The second-order valence-electron chi connectivity index (χ2n) is 12.9. The van der Waals surface area contributed by atoms with Crippen LogP contribution in [0.3, 0.4) is 0 Å². The maximum atomic E-state index is 15.0. The van der Waals surface area contributed by atoms with E-state index in [2.05, 4.69) is 20.6 Å². The van der Waals surface area contributed by atoms with E-state index in [4.69, 9.17) is 4.74 Å². The highest BCUT2D eigenvalue weighted by Gasteiger charge is 2.29. The molecule has 3 aromatic heterocycles. The summed E-state index contributed by atoms with van der Waals surface area (Å²) in [6.45, 7) is 7.66. The third kappa shape index (κ3) is 9.69. The molecule has 0 saturated heterocycles. The summed E-state index contributed by atoms with van der Waals surface area (Å²) in [6, 6.07) is 11.3. The van der Waals surface area contributed by atoms with Gasteiger partial charge in [0.1, 0.15) is 17.6 Å². The van der Waals surface area contributed by atoms with E-state index in [9.17, 15) is 19.2 Å². The van der Waals surface area contributed by atoms with Gasteiger partial charge in [0.2, 0.25) is 17.7 Å². The number of ketones is 1. The van der Waals surface area contributed by atoms with Gasteiger partial charge in [0.15, 0.2) is 11.6 Å². The third-order valence-corrected chi connectivity index (χ3v) is 9.37. The molecule has 1 aliphatic carbocycles. The second kappa shape index (κ2) is 16.1. The first-order valence-corrected chi connectivity index (χ1v) is 17.5. The summed E-state index contributed by atoms with van der Waals surface area (Å²) in [5.74, 6) is -0.470. The van der Waals surface area contributed by atoms with Crippen LogP contribution in [0.15, 0.2) is 54.9 Å². The van der Waals surface area contributed by atoms with Crippen molar-refractivity contribution in [2.24, 2.45) is 11.8 Å². The highest BCUT2D eigenvalue weighted by atomic mass is 32.1. The number of carbonyl (C=O) groups excluding carboxylic acids is 4. The summed E-state index contributed by atoms with van der Waals surface area (Å²) < 4.78 is 21.8. The Balaban J connectivity index is 1.27. The molecule has 49 heavy (non-hydrogen) atoms. The first kappa shape index (κ1) is 35.6. The SMILES string of the molecule is CCCN(Cc1ccc(-c2cc3nccc(Oc4ccc(CC(=O)CC5CC5)cc4F)c3s2)nc1)C(=O)[C@@H](NC(=O)CNC(C)=O)C(C)C. The third-order valence-electron chi connectivity index (χ3n) is 8.21. The Morgan fingerprint density at radius 2 is 1.82 bits per heavy atom. The standard InChI is InChI=1S/C37H42FN5O5S/c1-5-14-43(37(47)35(22(2)3)42-34(46)20-40-23(4)44)21-26-8-10-29(41-19-26)33-18-30-36(49-33)32(12-13-39-30)48-31-11-9-25(17-28(31)38)16-27(45)15-24-6-7-24/h8-13,17-19,22,24,35H,5-7,14-16,20-21H2,1-4H3,(H,40,44)(H,42,46)/t35-/m0/s1. The predicted molar refractivity (Wildman–Crippen MR) is 187 cm³/mol. The molecule has 12 heteroatoms. The van der Waals surface area contributed by atoms with Crippen molar-refractivity contribution < 1.29 is 28.3 Å². The zero-order chi connectivity index (χ0) is 35.1. The Hall–Kier alpha value is -4.71. The molecule has 1 aliphatic rings. The van der Waals surface area contributed by atoms with Crippen molar-refractivity contribution in [3.05, 3.63) is 71.8 Å². The van der Waals surface area contributed by atoms with Crippen LogP contribution in [0.4, 0.5) is 4.39 Å². The molecule has 2 N–H and O–H groups in total. The van der Waals surface area contributed by atoms with Gasteiger partial charge in [-0.2, -0.15) is 0 Å². The minimum atomic E-state index is -0.741. The van der Waals surface area contributed by atoms with E-state index in [0.717, 1.165) is 34.4 Å². The van der Waals surface area contributed by atoms with Gasteiger partial charge >= 0.3 is 0 Å². The summed E-state index contributed by atoms with van der Waals surface area (Å²) in [5.41, 5.74) is 2.86. The number of fused-ring (bicyclic) bond motifs is 1. The van der Waals surface area contributed by atoms with E-state index in [0.29, 0.717) is 48.0 Å². The molecule has 3 amide bonds. The number of halogens is 1. The molecular formula is C37H42FN5O5S. The smallest absolute Gasteiger partial charge is 0.245 e. The van der Waals surface area contributed by atoms with Crippen molar-refractivity contribution in [1.82, 2.24) is 25.5 Å². The number of rotatable bonds is 16. The summed E-state index contributed by atoms with van der Waals surface area (Å²) in [6.07, 6.45) is 7.06. The summed E-state index contributed by atoms with van der Waals surface area (Å²) in [5, 5.41) is 5.23. The summed E-state index contributed by atoms with van der Waals surface area (Å²) in [4.78, 5) is 61.1. The molecule has 1 aromatic carbocycles. The molecule has 3 heterocycles. The van der Waals surface area contributed by atoms with E-state index in [1.807, 2.05) is 39.0 Å². The zero-order valence-corrected chi connectivity index (χ0v) is 29.1. The number of hydrogen-bond acceptors (Lipinski definition) is 8. The van der Waals surface area contributed by atoms with Crippen molar-refractivity contribution in [1.29, 1.82) is 0 Å². The molecule has 0 radical (unpaired) electrons. The number of hydrogen-bond donors (Lipinski definition) is 2. The fourth-order valence-corrected chi connectivity index (χ4v) is 6.52. The van der Waals surface area contributed by atoms with Gasteiger partial charge in [-0.3, -0.25) is 29.1 Å². The molecule has 4 aromatic rings. The Morgan fingerprint density at radius 3 is 2.47 bits per heavy atom. The maximum Gasteiger partial charge on any atom is 0.245 e. The van der Waals surface area contributed by atoms with Crippen molar-refractivity contribution in [3.63, 3.8) is 0 Å². The Kier molecular flexibility index (Phi) is 11.7. The van der Waals surface area contributed by atoms with Gasteiger partial charge in [0.25, 0.3) is 0 Å². The lowest BCUT2D eigenvalue weighted by atomic mass is 10.0. The lowest BCUT2D eigenvalue weighted by Crippen LogP contribution is -2.53. The molecule has 1 atom stereocenters. The van der Waals surface area contributed by atoms with Crippen LogP contribution in [0, 0.1) is 17.7 Å². The number of amides is 3. The molecule has 0 bridgehead atoms. The number of aromatic nitrogens is 2. The molecule has 0 spiro atoms. The van der Waals surface area contributed by atoms with E-state index < -0.39 is 17.8 Å². The average molecular weight is 688 g/mol. The first-order chi connectivity index (χ1) is 23.5. The fraction of sp³-hybridized carbons (Fsp3) is 0.405. The van der Waals surface area contributed by atoms with Crippen LogP contribution < -0.4 is 15.4 Å². The van der Waals surface area contributed by atoms with Crippen LogP contribution in [0.25, 0.3) is 20.8 Å². The number of pyridine rings is 2. The lowest BCUT2D eigenvalue weighted by molar-refractivity contribution is -0.138. The summed E-state index contributed by atoms with van der Waals surface area (Å²) in [7, 11) is 0. The van der Waals surface area contributed by atoms with Crippen molar-refractivity contribution in [3.8, 4) is 22.1 Å². The van der Waals surface area contributed by atoms with E-state index in [1.54, 1.807) is 35.5 Å². The molecule has 5 rings (SSSR count). The van der Waals surface area contributed by atoms with Gasteiger partial charge in [-0.1, -0.05) is 32.9 Å². The van der Waals surface area contributed by atoms with Crippen molar-refractivity contribution in [2.45, 2.75) is 72.4 Å². The van der Waals surface area contributed by atoms with Gasteiger partial charge in [-0.05, 0) is 66.5 Å². The predicted octanol–water partition coefficient (Wildman–Crippen LogP) is 6.22. The Labute approximate surface area is 289 Å². The largest absolute Gasteiger partial charge is 0.453 e. The van der Waals surface area contributed by atoms with Gasteiger partial charge in [0.05, 0.1) is 27.3 Å². The molecule has 1 fully saturated rings. The van der Waals surface area contributed by atoms with E-state index in [1.165, 1.54) is 24.3 Å². The first-order valence-electron chi connectivity index (χ1n) is 16.6.